The van der Waals surface area contributed by atoms with E-state index in [1.807, 2.05) is 13.0 Å². The summed E-state index contributed by atoms with van der Waals surface area (Å²) < 4.78 is 22.9. The van der Waals surface area contributed by atoms with E-state index >= 15 is 0 Å². The van der Waals surface area contributed by atoms with Crippen LogP contribution in [0.15, 0.2) is 41.0 Å². The zero-order valence-corrected chi connectivity index (χ0v) is 15.4. The van der Waals surface area contributed by atoms with Gasteiger partial charge in [-0.3, -0.25) is 4.79 Å². The van der Waals surface area contributed by atoms with Crippen LogP contribution in [-0.2, 0) is 17.2 Å². The number of nitrogens with two attached hydrogens (primary N) is 1. The van der Waals surface area contributed by atoms with Crippen molar-refractivity contribution in [2.24, 2.45) is 10.1 Å². The van der Waals surface area contributed by atoms with Gasteiger partial charge in [-0.2, -0.15) is 4.36 Å². The van der Waals surface area contributed by atoms with Gasteiger partial charge in [-0.15, -0.1) is 0 Å². The summed E-state index contributed by atoms with van der Waals surface area (Å²) in [6.45, 7) is 3.37. The van der Waals surface area contributed by atoms with E-state index in [1.165, 1.54) is 31.5 Å². The van der Waals surface area contributed by atoms with E-state index in [-0.39, 0.29) is 5.75 Å². The summed E-state index contributed by atoms with van der Waals surface area (Å²) >= 11 is 4.75. The molecule has 3 N–H and O–H groups in total. The first-order chi connectivity index (χ1) is 12.9. The van der Waals surface area contributed by atoms with Crippen molar-refractivity contribution in [2.75, 3.05) is 5.32 Å². The average Bonchev–Trinajstić information content (AvgIpc) is 2.63. The number of benzene rings is 2. The lowest BCUT2D eigenvalue weighted by molar-refractivity contribution is -0.123. The van der Waals surface area contributed by atoms with Crippen molar-refractivity contribution in [3.05, 3.63) is 48.0 Å². The van der Waals surface area contributed by atoms with Crippen molar-refractivity contribution in [1.82, 2.24) is 9.97 Å². The van der Waals surface area contributed by atoms with Crippen LogP contribution in [0.5, 0.6) is 5.75 Å². The first-order valence-electron chi connectivity index (χ1n) is 8.00. The number of aromatic nitrogens is 2. The number of nitrogens with one attached hydrogen (secondary N) is 1. The van der Waals surface area contributed by atoms with Gasteiger partial charge in [0.15, 0.2) is 6.10 Å². The van der Waals surface area contributed by atoms with Crippen LogP contribution in [0.3, 0.4) is 0 Å². The second-order valence-electron chi connectivity index (χ2n) is 5.90. The Morgan fingerprint density at radius 2 is 2.11 bits per heavy atom. The third kappa shape index (κ3) is 3.98. The minimum atomic E-state index is -0.924. The molecule has 1 aromatic heterocycles. The number of nitrogens with zero attached hydrogens (tertiary/aromatic N) is 3. The average molecular weight is 385 g/mol. The number of amides is 1. The molecule has 0 saturated heterocycles. The minimum Gasteiger partial charge on any atom is -0.479 e. The third-order valence-corrected chi connectivity index (χ3v) is 4.14. The quantitative estimate of drug-likeness (QED) is 0.674. The van der Waals surface area contributed by atoms with Gasteiger partial charge in [0.1, 0.15) is 23.7 Å². The van der Waals surface area contributed by atoms with Crippen molar-refractivity contribution in [3.8, 4) is 5.75 Å². The number of anilines is 2. The van der Waals surface area contributed by atoms with Crippen LogP contribution in [-0.4, -0.2) is 22.0 Å². The van der Waals surface area contributed by atoms with E-state index in [2.05, 4.69) is 19.6 Å². The van der Waals surface area contributed by atoms with Gasteiger partial charge in [-0.25, -0.2) is 14.4 Å². The summed E-state index contributed by atoms with van der Waals surface area (Å²) in [5.74, 6) is -0.527. The molecule has 0 aliphatic rings. The van der Waals surface area contributed by atoms with Gasteiger partial charge in [-0.05, 0) is 43.7 Å². The van der Waals surface area contributed by atoms with Gasteiger partial charge >= 0.3 is 0 Å². The Hall–Kier alpha value is -3.20. The number of halogens is 1. The van der Waals surface area contributed by atoms with Gasteiger partial charge in [0.25, 0.3) is 5.91 Å². The fourth-order valence-electron chi connectivity index (χ4n) is 2.59. The van der Waals surface area contributed by atoms with Crippen LogP contribution in [0.25, 0.3) is 10.9 Å². The molecule has 9 heteroatoms. The summed E-state index contributed by atoms with van der Waals surface area (Å²) in [6, 6.07) is 7.51. The van der Waals surface area contributed by atoms with Gasteiger partial charge in [0, 0.05) is 23.9 Å². The minimum absolute atomic E-state index is 0.142. The molecule has 0 unspecified atom stereocenters. The topological polar surface area (TPSA) is 102 Å². The number of carbonyl (C=O) groups is 1. The molecule has 0 fully saturated rings. The van der Waals surface area contributed by atoms with Gasteiger partial charge in [0.05, 0.1) is 16.9 Å². The highest BCUT2D eigenvalue weighted by Gasteiger charge is 2.16. The predicted octanol–water partition coefficient (Wildman–Crippen LogP) is 3.44. The number of fused-ring (bicyclic) bond motifs is 1. The van der Waals surface area contributed by atoms with Crippen LogP contribution in [0.1, 0.15) is 12.5 Å². The lowest BCUT2D eigenvalue weighted by atomic mass is 10.1. The van der Waals surface area contributed by atoms with E-state index < -0.39 is 17.8 Å². The highest BCUT2D eigenvalue weighted by Crippen LogP contribution is 2.33. The number of hydrogen-bond acceptors (Lipinski definition) is 7. The SMILES string of the molecule is Cc1cc(N=S)cc2ncnc(Nc3ccc(F)cc3O[C@H](C)C(N)=O)c12. The van der Waals surface area contributed by atoms with Crippen LogP contribution >= 0.6 is 0 Å². The summed E-state index contributed by atoms with van der Waals surface area (Å²) in [5, 5.41) is 3.88. The highest BCUT2D eigenvalue weighted by atomic mass is 32.1. The van der Waals surface area contributed by atoms with E-state index in [4.69, 9.17) is 22.9 Å². The molecule has 0 saturated carbocycles. The smallest absolute Gasteiger partial charge is 0.258 e. The van der Waals surface area contributed by atoms with Gasteiger partial charge in [-0.1, -0.05) is 0 Å². The molecule has 1 amide bonds. The summed E-state index contributed by atoms with van der Waals surface area (Å²) in [6.07, 6.45) is 0.473. The molecule has 2 aromatic carbocycles. The summed E-state index contributed by atoms with van der Waals surface area (Å²) in [4.78, 5) is 19.8. The van der Waals surface area contributed by atoms with Crippen molar-refractivity contribution in [2.45, 2.75) is 20.0 Å². The summed E-state index contributed by atoms with van der Waals surface area (Å²) in [7, 11) is 0. The Labute approximate surface area is 159 Å². The highest BCUT2D eigenvalue weighted by molar-refractivity contribution is 7.47. The predicted molar refractivity (Wildman–Crippen MR) is 103 cm³/mol. The van der Waals surface area contributed by atoms with Gasteiger partial charge < -0.3 is 15.8 Å². The Morgan fingerprint density at radius 3 is 2.81 bits per heavy atom. The Bertz CT molecular complexity index is 1040. The number of ether oxygens (including phenoxy) is 1. The van der Waals surface area contributed by atoms with Crippen molar-refractivity contribution in [1.29, 1.82) is 0 Å². The lowest BCUT2D eigenvalue weighted by Gasteiger charge is -2.17. The fraction of sp³-hybridized carbons (Fsp3) is 0.167. The molecular weight excluding hydrogens is 369 g/mol. The fourth-order valence-corrected chi connectivity index (χ4v) is 2.70. The lowest BCUT2D eigenvalue weighted by Crippen LogP contribution is -2.30. The number of carbonyl (C=O) groups excluding carboxylic acids is 1. The molecule has 0 radical (unpaired) electrons. The van der Waals surface area contributed by atoms with E-state index in [0.717, 1.165) is 10.9 Å². The molecule has 3 aromatic rings. The molecule has 0 bridgehead atoms. The molecule has 1 heterocycles. The zero-order chi connectivity index (χ0) is 19.6. The van der Waals surface area contributed by atoms with E-state index in [1.54, 1.807) is 6.07 Å². The van der Waals surface area contributed by atoms with Gasteiger partial charge in [0.2, 0.25) is 0 Å². The van der Waals surface area contributed by atoms with Crippen LogP contribution in [0.2, 0.25) is 0 Å². The van der Waals surface area contributed by atoms with Crippen molar-refractivity contribution in [3.63, 3.8) is 0 Å². The molecule has 138 valence electrons. The molecule has 0 aliphatic carbocycles. The summed E-state index contributed by atoms with van der Waals surface area (Å²) in [5.41, 5.74) is 7.82. The first kappa shape index (κ1) is 18.6. The van der Waals surface area contributed by atoms with E-state index in [9.17, 15) is 9.18 Å². The van der Waals surface area contributed by atoms with Crippen molar-refractivity contribution < 1.29 is 13.9 Å². The maximum absolute atomic E-state index is 13.7. The Morgan fingerprint density at radius 1 is 1.33 bits per heavy atom. The second-order valence-corrected chi connectivity index (χ2v) is 6.08. The van der Waals surface area contributed by atoms with Crippen LogP contribution in [0, 0.1) is 12.7 Å². The largest absolute Gasteiger partial charge is 0.479 e. The monoisotopic (exact) mass is 385 g/mol. The molecule has 0 spiro atoms. The first-order valence-corrected chi connectivity index (χ1v) is 8.37. The maximum atomic E-state index is 13.7. The third-order valence-electron chi connectivity index (χ3n) is 3.93. The van der Waals surface area contributed by atoms with E-state index in [0.29, 0.717) is 22.7 Å². The van der Waals surface area contributed by atoms with Crippen LogP contribution in [0.4, 0.5) is 21.6 Å². The number of primary amides is 1. The molecule has 7 nitrogen and oxygen atoms in total. The zero-order valence-electron chi connectivity index (χ0n) is 14.6. The maximum Gasteiger partial charge on any atom is 0.258 e. The molecule has 27 heavy (non-hydrogen) atoms. The molecule has 3 rings (SSSR count). The number of rotatable bonds is 6. The second kappa shape index (κ2) is 7.58. The molecule has 1 atom stereocenters. The molecular formula is C18H16FN5O2S. The number of aryl methyl sites for hydroxylation is 1. The Balaban J connectivity index is 2.05. The normalized spacial score (nSPS) is 11.8. The number of hydrogen-bond donors (Lipinski definition) is 2. The van der Waals surface area contributed by atoms with Crippen LogP contribution < -0.4 is 15.8 Å². The molecule has 0 aliphatic heterocycles. The van der Waals surface area contributed by atoms with Crippen molar-refractivity contribution >= 4 is 46.4 Å². The Kier molecular flexibility index (Phi) is 5.22. The standard InChI is InChI=1S/C18H16FN5O2S/c1-9-5-12(24-27)7-14-16(9)18(22-8-21-14)23-13-4-3-11(19)6-15(13)26-10(2)17(20)25/h3-8,10H,1-2H3,(H2,20,25)(H,21,22,23)/t10-/m1/s1.